The van der Waals surface area contributed by atoms with Crippen molar-refractivity contribution in [3.8, 4) is 5.75 Å². The monoisotopic (exact) mass is 319 g/mol. The second-order valence-corrected chi connectivity index (χ2v) is 5.55. The summed E-state index contributed by atoms with van der Waals surface area (Å²) in [6, 6.07) is 14.6. The van der Waals surface area contributed by atoms with Gasteiger partial charge in [-0.3, -0.25) is 0 Å². The summed E-state index contributed by atoms with van der Waals surface area (Å²) in [7, 11) is 1.67. The van der Waals surface area contributed by atoms with E-state index >= 15 is 0 Å². The summed E-state index contributed by atoms with van der Waals surface area (Å²) >= 11 is 0. The van der Waals surface area contributed by atoms with Gasteiger partial charge in [0.1, 0.15) is 5.75 Å². The maximum Gasteiger partial charge on any atom is 0.126 e. The topological polar surface area (TPSA) is 21.3 Å². The standard InChI is InChI=1S/C22H25NO/c1-5-8-17-10-12-19(13-11-17)23-20-14-15-22(24-4)21(16-20)18(7-3)9-6-2/h6-7,9-16,23H,2-3,5,8H2,1,4H3/b18-9+. The lowest BCUT2D eigenvalue weighted by Gasteiger charge is -2.13. The zero-order valence-electron chi connectivity index (χ0n) is 14.5. The third kappa shape index (κ3) is 4.39. The van der Waals surface area contributed by atoms with Crippen LogP contribution in [-0.2, 0) is 6.42 Å². The highest BCUT2D eigenvalue weighted by molar-refractivity contribution is 5.81. The lowest BCUT2D eigenvalue weighted by molar-refractivity contribution is 0.413. The van der Waals surface area contributed by atoms with Crippen molar-refractivity contribution in [3.05, 3.63) is 85.0 Å². The van der Waals surface area contributed by atoms with Gasteiger partial charge in [0.05, 0.1) is 7.11 Å². The van der Waals surface area contributed by atoms with Crippen LogP contribution in [0.3, 0.4) is 0 Å². The molecule has 0 fully saturated rings. The number of methoxy groups -OCH3 is 1. The third-order valence-corrected chi connectivity index (χ3v) is 3.81. The summed E-state index contributed by atoms with van der Waals surface area (Å²) < 4.78 is 5.47. The van der Waals surface area contributed by atoms with Crippen LogP contribution < -0.4 is 10.1 Å². The number of ether oxygens (including phenoxy) is 1. The first kappa shape index (κ1) is 17.6. The van der Waals surface area contributed by atoms with Gasteiger partial charge >= 0.3 is 0 Å². The second kappa shape index (κ2) is 8.78. The SMILES string of the molecule is C=C/C=C(\C=C)c1cc(Nc2ccc(CCC)cc2)ccc1OC. The van der Waals surface area contributed by atoms with Crippen molar-refractivity contribution in [1.29, 1.82) is 0 Å². The molecule has 0 aliphatic rings. The molecule has 2 aromatic carbocycles. The Bertz CT molecular complexity index is 726. The highest BCUT2D eigenvalue weighted by atomic mass is 16.5. The first-order chi connectivity index (χ1) is 11.7. The summed E-state index contributed by atoms with van der Waals surface area (Å²) in [5, 5.41) is 3.44. The van der Waals surface area contributed by atoms with Crippen LogP contribution in [0.15, 0.2) is 73.9 Å². The highest BCUT2D eigenvalue weighted by Crippen LogP contribution is 2.31. The van der Waals surface area contributed by atoms with Crippen molar-refractivity contribution < 1.29 is 4.74 Å². The van der Waals surface area contributed by atoms with Crippen LogP contribution in [-0.4, -0.2) is 7.11 Å². The van der Waals surface area contributed by atoms with E-state index in [4.69, 9.17) is 4.74 Å². The molecule has 0 saturated heterocycles. The maximum absolute atomic E-state index is 5.47. The van der Waals surface area contributed by atoms with Crippen LogP contribution in [0.4, 0.5) is 11.4 Å². The van der Waals surface area contributed by atoms with Gasteiger partial charge in [-0.1, -0.05) is 56.9 Å². The molecule has 0 aliphatic heterocycles. The normalized spacial score (nSPS) is 11.0. The Morgan fingerprint density at radius 3 is 2.38 bits per heavy atom. The molecule has 0 atom stereocenters. The minimum absolute atomic E-state index is 0.812. The quantitative estimate of drug-likeness (QED) is 0.589. The first-order valence-electron chi connectivity index (χ1n) is 8.21. The van der Waals surface area contributed by atoms with Crippen molar-refractivity contribution in [2.45, 2.75) is 19.8 Å². The largest absolute Gasteiger partial charge is 0.496 e. The van der Waals surface area contributed by atoms with Crippen LogP contribution in [0.2, 0.25) is 0 Å². The molecule has 2 heteroatoms. The molecule has 0 saturated carbocycles. The molecule has 1 N–H and O–H groups in total. The second-order valence-electron chi connectivity index (χ2n) is 5.55. The molecule has 24 heavy (non-hydrogen) atoms. The Morgan fingerprint density at radius 2 is 1.79 bits per heavy atom. The lowest BCUT2D eigenvalue weighted by Crippen LogP contribution is -1.95. The van der Waals surface area contributed by atoms with Crippen molar-refractivity contribution in [2.75, 3.05) is 12.4 Å². The molecule has 2 rings (SSSR count). The average molecular weight is 319 g/mol. The molecule has 124 valence electrons. The molecule has 0 radical (unpaired) electrons. The zero-order chi connectivity index (χ0) is 17.4. The Labute approximate surface area is 145 Å². The van der Waals surface area contributed by atoms with E-state index in [0.29, 0.717) is 0 Å². The van der Waals surface area contributed by atoms with Gasteiger partial charge < -0.3 is 10.1 Å². The van der Waals surface area contributed by atoms with Crippen molar-refractivity contribution in [2.24, 2.45) is 0 Å². The fourth-order valence-electron chi connectivity index (χ4n) is 2.62. The number of aryl methyl sites for hydroxylation is 1. The molecule has 2 nitrogen and oxygen atoms in total. The van der Waals surface area contributed by atoms with Crippen molar-refractivity contribution in [3.63, 3.8) is 0 Å². The summed E-state index contributed by atoms with van der Waals surface area (Å²) in [5.74, 6) is 0.812. The zero-order valence-corrected chi connectivity index (χ0v) is 14.5. The highest BCUT2D eigenvalue weighted by Gasteiger charge is 2.07. The Morgan fingerprint density at radius 1 is 1.08 bits per heavy atom. The Balaban J connectivity index is 2.29. The van der Waals surface area contributed by atoms with E-state index in [1.807, 2.05) is 24.3 Å². The van der Waals surface area contributed by atoms with Crippen molar-refractivity contribution in [1.82, 2.24) is 0 Å². The molecule has 0 spiro atoms. The summed E-state index contributed by atoms with van der Waals surface area (Å²) in [6.45, 7) is 9.84. The van der Waals surface area contributed by atoms with Gasteiger partial charge in [0.25, 0.3) is 0 Å². The maximum atomic E-state index is 5.47. The Kier molecular flexibility index (Phi) is 6.44. The number of allylic oxidation sites excluding steroid dienone is 4. The molecular formula is C22H25NO. The molecular weight excluding hydrogens is 294 g/mol. The van der Waals surface area contributed by atoms with Crippen LogP contribution in [0.1, 0.15) is 24.5 Å². The van der Waals surface area contributed by atoms with Gasteiger partial charge in [-0.05, 0) is 47.9 Å². The average Bonchev–Trinajstić information content (AvgIpc) is 2.61. The van der Waals surface area contributed by atoms with Gasteiger partial charge in [0.15, 0.2) is 0 Å². The van der Waals surface area contributed by atoms with Crippen LogP contribution >= 0.6 is 0 Å². The van der Waals surface area contributed by atoms with Crippen molar-refractivity contribution >= 4 is 16.9 Å². The fourth-order valence-corrected chi connectivity index (χ4v) is 2.62. The van der Waals surface area contributed by atoms with Gasteiger partial charge in [-0.25, -0.2) is 0 Å². The molecule has 2 aromatic rings. The lowest BCUT2D eigenvalue weighted by atomic mass is 10.0. The summed E-state index contributed by atoms with van der Waals surface area (Å²) in [6.07, 6.45) is 7.76. The van der Waals surface area contributed by atoms with E-state index in [0.717, 1.165) is 41.1 Å². The fraction of sp³-hybridized carbons (Fsp3) is 0.182. The van der Waals surface area contributed by atoms with Crippen LogP contribution in [0, 0.1) is 0 Å². The number of hydrogen-bond acceptors (Lipinski definition) is 2. The number of rotatable bonds is 8. The predicted molar refractivity (Wildman–Crippen MR) is 105 cm³/mol. The minimum atomic E-state index is 0.812. The molecule has 0 aromatic heterocycles. The predicted octanol–water partition coefficient (Wildman–Crippen LogP) is 6.15. The van der Waals surface area contributed by atoms with E-state index < -0.39 is 0 Å². The smallest absolute Gasteiger partial charge is 0.126 e. The molecule has 0 heterocycles. The molecule has 0 bridgehead atoms. The van der Waals surface area contributed by atoms with Crippen LogP contribution in [0.5, 0.6) is 5.75 Å². The number of nitrogens with one attached hydrogen (secondary N) is 1. The van der Waals surface area contributed by atoms with E-state index in [-0.39, 0.29) is 0 Å². The summed E-state index contributed by atoms with van der Waals surface area (Å²) in [4.78, 5) is 0. The number of anilines is 2. The number of hydrogen-bond donors (Lipinski definition) is 1. The molecule has 0 aliphatic carbocycles. The van der Waals surface area contributed by atoms with Gasteiger partial charge in [0.2, 0.25) is 0 Å². The van der Waals surface area contributed by atoms with E-state index in [9.17, 15) is 0 Å². The summed E-state index contributed by atoms with van der Waals surface area (Å²) in [5.41, 5.74) is 5.40. The molecule has 0 unspecified atom stereocenters. The minimum Gasteiger partial charge on any atom is -0.496 e. The third-order valence-electron chi connectivity index (χ3n) is 3.81. The van der Waals surface area contributed by atoms with E-state index in [1.54, 1.807) is 13.2 Å². The first-order valence-corrected chi connectivity index (χ1v) is 8.21. The van der Waals surface area contributed by atoms with Gasteiger partial charge in [-0.2, -0.15) is 0 Å². The molecule has 0 amide bonds. The van der Waals surface area contributed by atoms with Gasteiger partial charge in [0, 0.05) is 16.9 Å². The van der Waals surface area contributed by atoms with E-state index in [2.05, 4.69) is 55.7 Å². The van der Waals surface area contributed by atoms with E-state index in [1.165, 1.54) is 5.56 Å². The number of benzene rings is 2. The van der Waals surface area contributed by atoms with Gasteiger partial charge in [-0.15, -0.1) is 0 Å². The Hall–Kier alpha value is -2.74. The van der Waals surface area contributed by atoms with Crippen LogP contribution in [0.25, 0.3) is 5.57 Å².